The largest absolute Gasteiger partial charge is 0.447 e. The fraction of sp³-hybridized carbons (Fsp3) is 0.111. The minimum absolute atomic E-state index is 0.00776. The van der Waals surface area contributed by atoms with Crippen molar-refractivity contribution < 1.29 is 13.9 Å². The van der Waals surface area contributed by atoms with Crippen molar-refractivity contribution >= 4 is 17.4 Å². The summed E-state index contributed by atoms with van der Waals surface area (Å²) in [5.74, 6) is -1.68. The van der Waals surface area contributed by atoms with Gasteiger partial charge in [-0.25, -0.2) is 4.39 Å². The summed E-state index contributed by atoms with van der Waals surface area (Å²) >= 11 is 6.05. The first kappa shape index (κ1) is 17.5. The van der Waals surface area contributed by atoms with Crippen molar-refractivity contribution in [2.75, 3.05) is 14.1 Å². The van der Waals surface area contributed by atoms with E-state index in [1.165, 1.54) is 18.3 Å². The van der Waals surface area contributed by atoms with Crippen molar-refractivity contribution in [1.82, 2.24) is 4.90 Å². The van der Waals surface area contributed by atoms with Crippen molar-refractivity contribution in [2.24, 2.45) is 0 Å². The summed E-state index contributed by atoms with van der Waals surface area (Å²) in [5.41, 5.74) is 0.216. The van der Waals surface area contributed by atoms with E-state index >= 15 is 0 Å². The van der Waals surface area contributed by atoms with Crippen LogP contribution in [0.4, 0.5) is 4.39 Å². The molecule has 0 fully saturated rings. The highest BCUT2D eigenvalue weighted by Crippen LogP contribution is 2.26. The van der Waals surface area contributed by atoms with Crippen LogP contribution in [0.2, 0.25) is 5.02 Å². The molecule has 0 aliphatic carbocycles. The zero-order valence-electron chi connectivity index (χ0n) is 13.1. The summed E-state index contributed by atoms with van der Waals surface area (Å²) in [7, 11) is 3.38. The number of nitriles is 1. The van der Waals surface area contributed by atoms with Crippen LogP contribution < -0.4 is 4.74 Å². The zero-order chi connectivity index (χ0) is 17.7. The lowest BCUT2D eigenvalue weighted by atomic mass is 10.1. The Kier molecular flexibility index (Phi) is 5.56. The van der Waals surface area contributed by atoms with E-state index in [2.05, 4.69) is 0 Å². The molecule has 0 saturated heterocycles. The highest BCUT2D eigenvalue weighted by Gasteiger charge is 2.21. The molecule has 0 atom stereocenters. The standard InChI is InChI=1S/C18H14ClFN2O2/c1-22(2)11-16(17(23)13-7-3-4-8-14(13)19)24-18-12(10-21)6-5-9-15(18)20/h3-9,11H,1-2H3/b16-11+. The molecule has 0 N–H and O–H groups in total. The molecule has 0 spiro atoms. The second kappa shape index (κ2) is 7.62. The van der Waals surface area contributed by atoms with E-state index in [1.54, 1.807) is 43.3 Å². The molecule has 0 aliphatic rings. The van der Waals surface area contributed by atoms with Crippen molar-refractivity contribution in [1.29, 1.82) is 5.26 Å². The van der Waals surface area contributed by atoms with Crippen LogP contribution in [0, 0.1) is 17.1 Å². The fourth-order valence-corrected chi connectivity index (χ4v) is 2.18. The molecule has 2 rings (SSSR count). The van der Waals surface area contributed by atoms with Gasteiger partial charge in [0.15, 0.2) is 17.3 Å². The molecule has 6 heteroatoms. The molecule has 0 radical (unpaired) electrons. The Labute approximate surface area is 144 Å². The molecule has 2 aromatic rings. The van der Waals surface area contributed by atoms with Crippen molar-refractivity contribution in [3.05, 3.63) is 76.4 Å². The number of allylic oxidation sites excluding steroid dienone is 1. The summed E-state index contributed by atoms with van der Waals surface area (Å²) in [6.07, 6.45) is 1.40. The second-order valence-corrected chi connectivity index (χ2v) is 5.50. The Bertz CT molecular complexity index is 841. The van der Waals surface area contributed by atoms with E-state index in [-0.39, 0.29) is 27.7 Å². The van der Waals surface area contributed by atoms with Gasteiger partial charge in [-0.05, 0) is 24.3 Å². The molecule has 0 heterocycles. The van der Waals surface area contributed by atoms with Crippen LogP contribution in [-0.4, -0.2) is 24.8 Å². The van der Waals surface area contributed by atoms with E-state index in [0.717, 1.165) is 6.07 Å². The number of Topliss-reactive ketones (excluding diaryl/α,β-unsaturated/α-hetero) is 1. The van der Waals surface area contributed by atoms with E-state index in [9.17, 15) is 9.18 Å². The van der Waals surface area contributed by atoms with Crippen molar-refractivity contribution in [3.63, 3.8) is 0 Å². The Morgan fingerprint density at radius 2 is 1.96 bits per heavy atom. The van der Waals surface area contributed by atoms with Crippen LogP contribution in [0.25, 0.3) is 0 Å². The number of carbonyl (C=O) groups is 1. The van der Waals surface area contributed by atoms with E-state index in [1.807, 2.05) is 6.07 Å². The maximum Gasteiger partial charge on any atom is 0.231 e. The zero-order valence-corrected chi connectivity index (χ0v) is 13.8. The number of hydrogen-bond acceptors (Lipinski definition) is 4. The monoisotopic (exact) mass is 344 g/mol. The minimum Gasteiger partial charge on any atom is -0.447 e. The summed E-state index contributed by atoms with van der Waals surface area (Å²) in [4.78, 5) is 14.3. The molecule has 0 saturated carbocycles. The second-order valence-electron chi connectivity index (χ2n) is 5.10. The Balaban J connectivity index is 2.48. The number of carbonyl (C=O) groups excluding carboxylic acids is 1. The van der Waals surface area contributed by atoms with Crippen molar-refractivity contribution in [3.8, 4) is 11.8 Å². The Morgan fingerprint density at radius 3 is 2.58 bits per heavy atom. The molecule has 0 aromatic heterocycles. The predicted molar refractivity (Wildman–Crippen MR) is 89.3 cm³/mol. The molecular weight excluding hydrogens is 331 g/mol. The maximum atomic E-state index is 14.0. The number of rotatable bonds is 5. The molecule has 0 aliphatic heterocycles. The van der Waals surface area contributed by atoms with Gasteiger partial charge < -0.3 is 9.64 Å². The van der Waals surface area contributed by atoms with Gasteiger partial charge in [-0.2, -0.15) is 5.26 Å². The smallest absolute Gasteiger partial charge is 0.231 e. The van der Waals surface area contributed by atoms with Crippen LogP contribution in [0.5, 0.6) is 5.75 Å². The van der Waals surface area contributed by atoms with Crippen LogP contribution in [-0.2, 0) is 0 Å². The number of ether oxygens (including phenoxy) is 1. The third-order valence-corrected chi connectivity index (χ3v) is 3.35. The molecule has 24 heavy (non-hydrogen) atoms. The molecule has 0 unspecified atom stereocenters. The average Bonchev–Trinajstić information content (AvgIpc) is 2.55. The number of para-hydroxylation sites is 1. The van der Waals surface area contributed by atoms with E-state index < -0.39 is 11.6 Å². The lowest BCUT2D eigenvalue weighted by molar-refractivity contribution is 0.0981. The van der Waals surface area contributed by atoms with Crippen LogP contribution in [0.15, 0.2) is 54.4 Å². The summed E-state index contributed by atoms with van der Waals surface area (Å²) < 4.78 is 19.5. The minimum atomic E-state index is -0.731. The SMILES string of the molecule is CN(C)/C=C(/Oc1c(F)cccc1C#N)C(=O)c1ccccc1Cl. The third-order valence-electron chi connectivity index (χ3n) is 3.02. The molecule has 4 nitrogen and oxygen atoms in total. The quantitative estimate of drug-likeness (QED) is 0.467. The summed E-state index contributed by atoms with van der Waals surface area (Å²) in [6.45, 7) is 0. The van der Waals surface area contributed by atoms with Crippen LogP contribution in [0.3, 0.4) is 0 Å². The van der Waals surface area contributed by atoms with E-state index in [0.29, 0.717) is 0 Å². The van der Waals surface area contributed by atoms with Crippen LogP contribution in [0.1, 0.15) is 15.9 Å². The normalized spacial score (nSPS) is 10.9. The van der Waals surface area contributed by atoms with Crippen LogP contribution >= 0.6 is 11.6 Å². The number of nitrogens with zero attached hydrogens (tertiary/aromatic N) is 2. The first-order valence-corrected chi connectivity index (χ1v) is 7.35. The Hall–Kier alpha value is -2.84. The first-order valence-electron chi connectivity index (χ1n) is 6.98. The van der Waals surface area contributed by atoms with Gasteiger partial charge in [0, 0.05) is 25.9 Å². The first-order chi connectivity index (χ1) is 11.4. The van der Waals surface area contributed by atoms with Gasteiger partial charge in [0.1, 0.15) is 6.07 Å². The molecular formula is C18H14ClFN2O2. The van der Waals surface area contributed by atoms with Crippen molar-refractivity contribution in [2.45, 2.75) is 0 Å². The molecule has 122 valence electrons. The lowest BCUT2D eigenvalue weighted by Crippen LogP contribution is -2.15. The van der Waals surface area contributed by atoms with Gasteiger partial charge in [-0.15, -0.1) is 0 Å². The maximum absolute atomic E-state index is 14.0. The van der Waals surface area contributed by atoms with E-state index in [4.69, 9.17) is 21.6 Å². The van der Waals surface area contributed by atoms with Gasteiger partial charge >= 0.3 is 0 Å². The number of benzene rings is 2. The lowest BCUT2D eigenvalue weighted by Gasteiger charge is -2.14. The molecule has 0 amide bonds. The Morgan fingerprint density at radius 1 is 1.25 bits per heavy atom. The topological polar surface area (TPSA) is 53.3 Å². The number of hydrogen-bond donors (Lipinski definition) is 0. The van der Waals surface area contributed by atoms with Gasteiger partial charge in [0.2, 0.25) is 5.78 Å². The highest BCUT2D eigenvalue weighted by molar-refractivity contribution is 6.34. The number of ketones is 1. The summed E-state index contributed by atoms with van der Waals surface area (Å²) in [6, 6.07) is 12.3. The highest BCUT2D eigenvalue weighted by atomic mass is 35.5. The van der Waals surface area contributed by atoms with Gasteiger partial charge in [-0.1, -0.05) is 29.8 Å². The third kappa shape index (κ3) is 3.92. The molecule has 2 aromatic carbocycles. The number of halogens is 2. The van der Waals surface area contributed by atoms with Gasteiger partial charge in [0.05, 0.1) is 10.6 Å². The van der Waals surface area contributed by atoms with Gasteiger partial charge in [-0.3, -0.25) is 4.79 Å². The predicted octanol–water partition coefficient (Wildman–Crippen LogP) is 4.02. The molecule has 0 bridgehead atoms. The average molecular weight is 345 g/mol. The van der Waals surface area contributed by atoms with Gasteiger partial charge in [0.25, 0.3) is 0 Å². The fourth-order valence-electron chi connectivity index (χ4n) is 1.95. The summed E-state index contributed by atoms with van der Waals surface area (Å²) in [5, 5.41) is 9.36.